The predicted octanol–water partition coefficient (Wildman–Crippen LogP) is 0.766. The van der Waals surface area contributed by atoms with E-state index in [1.54, 1.807) is 0 Å². The van der Waals surface area contributed by atoms with Gasteiger partial charge in [-0.1, -0.05) is 6.92 Å². The molecular formula is C8H16O3. The van der Waals surface area contributed by atoms with Crippen LogP contribution in [0.15, 0.2) is 0 Å². The van der Waals surface area contributed by atoms with Gasteiger partial charge in [0, 0.05) is 13.0 Å². The van der Waals surface area contributed by atoms with Crippen molar-refractivity contribution < 1.29 is 14.6 Å². The first-order chi connectivity index (χ1) is 5.27. The number of ether oxygens (including phenoxy) is 2. The molecule has 1 fully saturated rings. The normalized spacial score (nSPS) is 37.9. The Balaban J connectivity index is 2.30. The van der Waals surface area contributed by atoms with Crippen molar-refractivity contribution in [2.75, 3.05) is 13.2 Å². The molecule has 3 nitrogen and oxygen atoms in total. The van der Waals surface area contributed by atoms with Crippen molar-refractivity contribution >= 4 is 0 Å². The fourth-order valence-corrected chi connectivity index (χ4v) is 1.36. The number of hydrogen-bond donors (Lipinski definition) is 1. The van der Waals surface area contributed by atoms with Crippen molar-refractivity contribution in [1.29, 1.82) is 0 Å². The zero-order chi connectivity index (χ0) is 8.27. The molecule has 0 bridgehead atoms. The third kappa shape index (κ3) is 2.15. The lowest BCUT2D eigenvalue weighted by molar-refractivity contribution is -0.138. The Labute approximate surface area is 67.3 Å². The maximum absolute atomic E-state index is 8.84. The van der Waals surface area contributed by atoms with E-state index in [4.69, 9.17) is 14.6 Å². The lowest BCUT2D eigenvalue weighted by Crippen LogP contribution is -2.19. The SMILES string of the molecule is CCOC1CC(C)C(CO)O1. The molecule has 0 spiro atoms. The van der Waals surface area contributed by atoms with Gasteiger partial charge in [0.05, 0.1) is 12.7 Å². The second-order valence-electron chi connectivity index (χ2n) is 2.95. The molecule has 1 aliphatic heterocycles. The van der Waals surface area contributed by atoms with E-state index in [2.05, 4.69) is 6.92 Å². The third-order valence-corrected chi connectivity index (χ3v) is 2.06. The zero-order valence-electron chi connectivity index (χ0n) is 7.12. The zero-order valence-corrected chi connectivity index (χ0v) is 7.12. The van der Waals surface area contributed by atoms with Gasteiger partial charge < -0.3 is 14.6 Å². The maximum Gasteiger partial charge on any atom is 0.158 e. The van der Waals surface area contributed by atoms with Crippen LogP contribution in [0.2, 0.25) is 0 Å². The van der Waals surface area contributed by atoms with E-state index in [1.807, 2.05) is 6.92 Å². The van der Waals surface area contributed by atoms with E-state index in [0.29, 0.717) is 12.5 Å². The summed E-state index contributed by atoms with van der Waals surface area (Å²) in [6.45, 7) is 4.79. The van der Waals surface area contributed by atoms with Gasteiger partial charge in [-0.3, -0.25) is 0 Å². The van der Waals surface area contributed by atoms with Gasteiger partial charge >= 0.3 is 0 Å². The number of rotatable bonds is 3. The second kappa shape index (κ2) is 4.04. The minimum Gasteiger partial charge on any atom is -0.394 e. The highest BCUT2D eigenvalue weighted by Crippen LogP contribution is 2.26. The van der Waals surface area contributed by atoms with E-state index in [0.717, 1.165) is 6.42 Å². The van der Waals surface area contributed by atoms with Crippen LogP contribution in [-0.4, -0.2) is 30.7 Å². The Bertz CT molecular complexity index is 116. The van der Waals surface area contributed by atoms with Crippen molar-refractivity contribution in [3.8, 4) is 0 Å². The maximum atomic E-state index is 8.84. The van der Waals surface area contributed by atoms with Gasteiger partial charge in [0.25, 0.3) is 0 Å². The molecule has 3 unspecified atom stereocenters. The van der Waals surface area contributed by atoms with Gasteiger partial charge in [-0.2, -0.15) is 0 Å². The van der Waals surface area contributed by atoms with Crippen LogP contribution < -0.4 is 0 Å². The molecule has 0 saturated carbocycles. The van der Waals surface area contributed by atoms with Crippen LogP contribution >= 0.6 is 0 Å². The first-order valence-electron chi connectivity index (χ1n) is 4.15. The summed E-state index contributed by atoms with van der Waals surface area (Å²) >= 11 is 0. The summed E-state index contributed by atoms with van der Waals surface area (Å²) in [5.74, 6) is 0.413. The Hall–Kier alpha value is -0.120. The Kier molecular flexibility index (Phi) is 3.30. The molecule has 0 radical (unpaired) electrons. The van der Waals surface area contributed by atoms with Crippen LogP contribution in [0, 0.1) is 5.92 Å². The molecule has 0 aromatic carbocycles. The van der Waals surface area contributed by atoms with E-state index in [-0.39, 0.29) is 19.0 Å². The average molecular weight is 160 g/mol. The number of aliphatic hydroxyl groups is 1. The molecule has 0 aliphatic carbocycles. The molecule has 66 valence electrons. The lowest BCUT2D eigenvalue weighted by Gasteiger charge is -2.11. The molecule has 0 aromatic rings. The summed E-state index contributed by atoms with van der Waals surface area (Å²) in [5.41, 5.74) is 0. The van der Waals surface area contributed by atoms with Crippen molar-refractivity contribution in [3.63, 3.8) is 0 Å². The minimum absolute atomic E-state index is 0.0217. The highest BCUT2D eigenvalue weighted by molar-refractivity contribution is 4.74. The summed E-state index contributed by atoms with van der Waals surface area (Å²) in [5, 5.41) is 8.84. The molecule has 1 aliphatic rings. The quantitative estimate of drug-likeness (QED) is 0.662. The van der Waals surface area contributed by atoms with Crippen molar-refractivity contribution in [2.45, 2.75) is 32.7 Å². The lowest BCUT2D eigenvalue weighted by atomic mass is 10.1. The molecule has 1 rings (SSSR count). The summed E-state index contributed by atoms with van der Waals surface area (Å²) < 4.78 is 10.7. The predicted molar refractivity (Wildman–Crippen MR) is 41.2 cm³/mol. The Morgan fingerprint density at radius 1 is 1.64 bits per heavy atom. The van der Waals surface area contributed by atoms with E-state index in [1.165, 1.54) is 0 Å². The van der Waals surface area contributed by atoms with Crippen LogP contribution in [0.3, 0.4) is 0 Å². The van der Waals surface area contributed by atoms with Gasteiger partial charge in [-0.25, -0.2) is 0 Å². The highest BCUT2D eigenvalue weighted by atomic mass is 16.7. The first-order valence-corrected chi connectivity index (χ1v) is 4.15. The second-order valence-corrected chi connectivity index (χ2v) is 2.95. The number of aliphatic hydroxyl groups excluding tert-OH is 1. The van der Waals surface area contributed by atoms with Gasteiger partial charge in [0.1, 0.15) is 0 Å². The molecule has 3 heteroatoms. The van der Waals surface area contributed by atoms with Gasteiger partial charge in [-0.15, -0.1) is 0 Å². The van der Waals surface area contributed by atoms with Gasteiger partial charge in [-0.05, 0) is 12.8 Å². The van der Waals surface area contributed by atoms with Crippen LogP contribution in [-0.2, 0) is 9.47 Å². The molecular weight excluding hydrogens is 144 g/mol. The third-order valence-electron chi connectivity index (χ3n) is 2.06. The van der Waals surface area contributed by atoms with E-state index < -0.39 is 0 Å². The largest absolute Gasteiger partial charge is 0.394 e. The van der Waals surface area contributed by atoms with Crippen LogP contribution in [0.4, 0.5) is 0 Å². The molecule has 3 atom stereocenters. The first kappa shape index (κ1) is 8.97. The van der Waals surface area contributed by atoms with Crippen LogP contribution in [0.5, 0.6) is 0 Å². The summed E-state index contributed by atoms with van der Waals surface area (Å²) in [6, 6.07) is 0. The minimum atomic E-state index is -0.0906. The molecule has 0 amide bonds. The topological polar surface area (TPSA) is 38.7 Å². The average Bonchev–Trinajstić information content (AvgIpc) is 2.32. The van der Waals surface area contributed by atoms with E-state index >= 15 is 0 Å². The summed E-state index contributed by atoms with van der Waals surface area (Å²) in [4.78, 5) is 0. The van der Waals surface area contributed by atoms with Crippen molar-refractivity contribution in [3.05, 3.63) is 0 Å². The molecule has 11 heavy (non-hydrogen) atoms. The fraction of sp³-hybridized carbons (Fsp3) is 1.00. The Morgan fingerprint density at radius 2 is 2.36 bits per heavy atom. The summed E-state index contributed by atoms with van der Waals surface area (Å²) in [6.07, 6.45) is 0.790. The van der Waals surface area contributed by atoms with Gasteiger partial charge in [0.15, 0.2) is 6.29 Å². The smallest absolute Gasteiger partial charge is 0.158 e. The standard InChI is InChI=1S/C8H16O3/c1-3-10-8-4-6(2)7(5-9)11-8/h6-9H,3-5H2,1-2H3. The van der Waals surface area contributed by atoms with Gasteiger partial charge in [0.2, 0.25) is 0 Å². The van der Waals surface area contributed by atoms with Crippen LogP contribution in [0.25, 0.3) is 0 Å². The van der Waals surface area contributed by atoms with Crippen molar-refractivity contribution in [1.82, 2.24) is 0 Å². The molecule has 1 heterocycles. The fourth-order valence-electron chi connectivity index (χ4n) is 1.36. The van der Waals surface area contributed by atoms with Crippen molar-refractivity contribution in [2.24, 2.45) is 5.92 Å². The number of hydrogen-bond acceptors (Lipinski definition) is 3. The molecule has 1 saturated heterocycles. The van der Waals surface area contributed by atoms with E-state index in [9.17, 15) is 0 Å². The molecule has 1 N–H and O–H groups in total. The monoisotopic (exact) mass is 160 g/mol. The summed E-state index contributed by atoms with van der Waals surface area (Å²) in [7, 11) is 0. The Morgan fingerprint density at radius 3 is 2.82 bits per heavy atom. The van der Waals surface area contributed by atoms with Crippen LogP contribution in [0.1, 0.15) is 20.3 Å². The highest BCUT2D eigenvalue weighted by Gasteiger charge is 2.31. The molecule has 0 aromatic heterocycles.